The van der Waals surface area contributed by atoms with Crippen LogP contribution in [-0.4, -0.2) is 11.2 Å². The molecule has 2 aromatic carbocycles. The van der Waals surface area contributed by atoms with Gasteiger partial charge < -0.3 is 9.84 Å². The molecule has 128 valence electrons. The number of aromatic hydroxyl groups is 1. The second-order valence-electron chi connectivity index (χ2n) is 5.81. The van der Waals surface area contributed by atoms with Gasteiger partial charge >= 0.3 is 6.11 Å². The fraction of sp³-hybridized carbons (Fsp3) is 0.222. The van der Waals surface area contributed by atoms with E-state index in [4.69, 9.17) is 23.2 Å². The van der Waals surface area contributed by atoms with Crippen LogP contribution in [0.5, 0.6) is 11.5 Å². The Morgan fingerprint density at radius 1 is 1.04 bits per heavy atom. The predicted molar refractivity (Wildman–Crippen MR) is 92.5 cm³/mol. The van der Waals surface area contributed by atoms with Crippen molar-refractivity contribution < 1.29 is 18.6 Å². The van der Waals surface area contributed by atoms with Crippen molar-refractivity contribution in [2.75, 3.05) is 0 Å². The quantitative estimate of drug-likeness (QED) is 0.634. The van der Waals surface area contributed by atoms with Crippen molar-refractivity contribution in [3.8, 4) is 11.5 Å². The molecular formula is C18H16Cl2F2O2. The van der Waals surface area contributed by atoms with Crippen molar-refractivity contribution in [2.24, 2.45) is 0 Å². The summed E-state index contributed by atoms with van der Waals surface area (Å²) in [7, 11) is 0. The summed E-state index contributed by atoms with van der Waals surface area (Å²) in [5.41, 5.74) is 1.11. The second-order valence-corrected chi connectivity index (χ2v) is 6.62. The third-order valence-corrected chi connectivity index (χ3v) is 4.38. The number of benzene rings is 2. The lowest BCUT2D eigenvalue weighted by molar-refractivity contribution is -0.131. The highest BCUT2D eigenvalue weighted by Crippen LogP contribution is 2.40. The second kappa shape index (κ2) is 6.61. The summed E-state index contributed by atoms with van der Waals surface area (Å²) in [6.45, 7) is 6.89. The molecule has 2 nitrogen and oxygen atoms in total. The van der Waals surface area contributed by atoms with Gasteiger partial charge in [0.2, 0.25) is 0 Å². The molecule has 1 N–H and O–H groups in total. The normalized spacial score (nSPS) is 12.1. The Bertz CT molecular complexity index is 733. The Kier molecular flexibility index (Phi) is 5.11. The maximum atomic E-state index is 13.2. The summed E-state index contributed by atoms with van der Waals surface area (Å²) < 4.78 is 30.9. The summed E-state index contributed by atoms with van der Waals surface area (Å²) in [4.78, 5) is 0. The number of hydrogen-bond acceptors (Lipinski definition) is 2. The number of halogens is 4. The molecule has 2 rings (SSSR count). The maximum Gasteiger partial charge on any atom is 0.419 e. The number of phenols is 1. The Hall–Kier alpha value is -1.78. The first-order valence-corrected chi connectivity index (χ1v) is 7.82. The van der Waals surface area contributed by atoms with Crippen molar-refractivity contribution in [1.29, 1.82) is 0 Å². The van der Waals surface area contributed by atoms with Gasteiger partial charge in [-0.15, -0.1) is 0 Å². The smallest absolute Gasteiger partial charge is 0.419 e. The number of alkyl halides is 2. The van der Waals surface area contributed by atoms with E-state index < -0.39 is 11.5 Å². The Morgan fingerprint density at radius 3 is 2.00 bits per heavy atom. The van der Waals surface area contributed by atoms with E-state index in [1.54, 1.807) is 24.3 Å². The third-order valence-electron chi connectivity index (χ3n) is 3.81. The zero-order chi connectivity index (χ0) is 18.1. The maximum absolute atomic E-state index is 13.2. The minimum atomic E-state index is -3.42. The average Bonchev–Trinajstić information content (AvgIpc) is 2.52. The summed E-state index contributed by atoms with van der Waals surface area (Å²) in [6, 6.07) is 9.53. The first-order valence-electron chi connectivity index (χ1n) is 7.06. The lowest BCUT2D eigenvalue weighted by Gasteiger charge is -2.27. The van der Waals surface area contributed by atoms with E-state index in [9.17, 15) is 13.9 Å². The molecule has 0 fully saturated rings. The van der Waals surface area contributed by atoms with Crippen LogP contribution in [0.3, 0.4) is 0 Å². The van der Waals surface area contributed by atoms with Crippen molar-refractivity contribution >= 4 is 23.2 Å². The number of rotatable bonds is 5. The predicted octanol–water partition coefficient (Wildman–Crippen LogP) is 6.18. The van der Waals surface area contributed by atoms with Gasteiger partial charge in [0.1, 0.15) is 5.75 Å². The highest BCUT2D eigenvalue weighted by atomic mass is 35.5. The van der Waals surface area contributed by atoms with Crippen LogP contribution in [0.2, 0.25) is 10.0 Å². The van der Waals surface area contributed by atoms with Gasteiger partial charge in [0.05, 0.1) is 10.0 Å². The lowest BCUT2D eigenvalue weighted by atomic mass is 9.78. The lowest BCUT2D eigenvalue weighted by Crippen LogP contribution is -2.21. The van der Waals surface area contributed by atoms with Crippen LogP contribution in [0.4, 0.5) is 8.78 Å². The van der Waals surface area contributed by atoms with E-state index in [2.05, 4.69) is 11.3 Å². The number of hydrogen-bond donors (Lipinski definition) is 1. The Labute approximate surface area is 149 Å². The van der Waals surface area contributed by atoms with Crippen LogP contribution in [0.1, 0.15) is 25.0 Å². The number of ether oxygens (including phenoxy) is 1. The highest BCUT2D eigenvalue weighted by Gasteiger charge is 2.28. The molecule has 0 aliphatic rings. The minimum absolute atomic E-state index is 0.0289. The van der Waals surface area contributed by atoms with E-state index in [1.165, 1.54) is 12.1 Å². The van der Waals surface area contributed by atoms with E-state index in [0.717, 1.165) is 11.1 Å². The van der Waals surface area contributed by atoms with E-state index in [1.807, 2.05) is 13.8 Å². The molecule has 0 bridgehead atoms. The van der Waals surface area contributed by atoms with Crippen molar-refractivity contribution in [3.05, 3.63) is 70.2 Å². The molecule has 0 radical (unpaired) electrons. The van der Waals surface area contributed by atoms with Gasteiger partial charge in [0.15, 0.2) is 5.75 Å². The molecule has 0 saturated heterocycles. The van der Waals surface area contributed by atoms with Crippen LogP contribution in [0.15, 0.2) is 49.1 Å². The molecule has 0 aliphatic heterocycles. The van der Waals surface area contributed by atoms with Crippen LogP contribution in [-0.2, 0) is 5.41 Å². The van der Waals surface area contributed by atoms with Gasteiger partial charge in [0, 0.05) is 11.5 Å². The molecule has 0 spiro atoms. The van der Waals surface area contributed by atoms with Gasteiger partial charge in [-0.25, -0.2) is 0 Å². The SMILES string of the molecule is C=CC(F)(F)Oc1ccc(C(C)(C)c2cc(Cl)c(O)c(Cl)c2)cc1. The first kappa shape index (κ1) is 18.6. The van der Waals surface area contributed by atoms with Gasteiger partial charge in [-0.05, 0) is 35.4 Å². The molecule has 0 atom stereocenters. The van der Waals surface area contributed by atoms with E-state index >= 15 is 0 Å². The van der Waals surface area contributed by atoms with Crippen LogP contribution in [0.25, 0.3) is 0 Å². The van der Waals surface area contributed by atoms with E-state index in [0.29, 0.717) is 6.08 Å². The zero-order valence-corrected chi connectivity index (χ0v) is 14.6. The molecule has 6 heteroatoms. The molecule has 0 aromatic heterocycles. The number of phenolic OH excluding ortho intramolecular Hbond substituents is 1. The summed E-state index contributed by atoms with van der Waals surface area (Å²) >= 11 is 12.0. The molecular weight excluding hydrogens is 357 g/mol. The molecule has 2 aromatic rings. The fourth-order valence-corrected chi connectivity index (χ4v) is 2.72. The van der Waals surface area contributed by atoms with Crippen molar-refractivity contribution in [1.82, 2.24) is 0 Å². The van der Waals surface area contributed by atoms with Gasteiger partial charge in [0.25, 0.3) is 0 Å². The Balaban J connectivity index is 2.35. The van der Waals surface area contributed by atoms with Gasteiger partial charge in [-0.1, -0.05) is 55.8 Å². The summed E-state index contributed by atoms with van der Waals surface area (Å²) in [5.74, 6) is -0.144. The monoisotopic (exact) mass is 372 g/mol. The molecule has 0 amide bonds. The zero-order valence-electron chi connectivity index (χ0n) is 13.1. The van der Waals surface area contributed by atoms with E-state index in [-0.39, 0.29) is 21.5 Å². The van der Waals surface area contributed by atoms with Gasteiger partial charge in [-0.2, -0.15) is 8.78 Å². The Morgan fingerprint density at radius 2 is 1.54 bits per heavy atom. The van der Waals surface area contributed by atoms with Crippen LogP contribution >= 0.6 is 23.2 Å². The van der Waals surface area contributed by atoms with Crippen LogP contribution in [0, 0.1) is 0 Å². The van der Waals surface area contributed by atoms with Crippen molar-refractivity contribution in [2.45, 2.75) is 25.4 Å². The van der Waals surface area contributed by atoms with Crippen molar-refractivity contribution in [3.63, 3.8) is 0 Å². The molecule has 24 heavy (non-hydrogen) atoms. The minimum Gasteiger partial charge on any atom is -0.505 e. The fourth-order valence-electron chi connectivity index (χ4n) is 2.23. The standard InChI is InChI=1S/C18H16Cl2F2O2/c1-4-18(21,22)24-13-7-5-11(6-8-13)17(2,3)12-9-14(19)16(23)15(20)10-12/h4-10,23H,1H2,2-3H3. The summed E-state index contributed by atoms with van der Waals surface area (Å²) in [6.07, 6.45) is -2.99. The molecule has 0 aliphatic carbocycles. The summed E-state index contributed by atoms with van der Waals surface area (Å²) in [5, 5.41) is 9.97. The van der Waals surface area contributed by atoms with Crippen LogP contribution < -0.4 is 4.74 Å². The highest BCUT2D eigenvalue weighted by molar-refractivity contribution is 6.37. The molecule has 0 saturated carbocycles. The first-order chi connectivity index (χ1) is 11.1. The third kappa shape index (κ3) is 3.82. The molecule has 0 unspecified atom stereocenters. The molecule has 0 heterocycles. The largest absolute Gasteiger partial charge is 0.505 e. The topological polar surface area (TPSA) is 29.5 Å². The van der Waals surface area contributed by atoms with Gasteiger partial charge in [-0.3, -0.25) is 0 Å². The average molecular weight is 373 g/mol.